The van der Waals surface area contributed by atoms with Crippen LogP contribution in [-0.4, -0.2) is 9.55 Å². The van der Waals surface area contributed by atoms with E-state index in [4.69, 9.17) is 11.6 Å². The van der Waals surface area contributed by atoms with Gasteiger partial charge in [-0.15, -0.1) is 0 Å². The van der Waals surface area contributed by atoms with Crippen LogP contribution in [-0.2, 0) is 13.0 Å². The van der Waals surface area contributed by atoms with Gasteiger partial charge in [-0.25, -0.2) is 4.79 Å². The maximum atomic E-state index is 12.2. The van der Waals surface area contributed by atoms with Crippen LogP contribution in [0.3, 0.4) is 0 Å². The molecular formula is C15H16ClN3O2. The summed E-state index contributed by atoms with van der Waals surface area (Å²) in [5, 5.41) is 3.92. The lowest BCUT2D eigenvalue weighted by Crippen LogP contribution is -2.39. The van der Waals surface area contributed by atoms with Gasteiger partial charge >= 0.3 is 5.69 Å². The first-order chi connectivity index (χ1) is 10.1. The van der Waals surface area contributed by atoms with Crippen molar-refractivity contribution in [3.63, 3.8) is 0 Å². The Morgan fingerprint density at radius 2 is 2.19 bits per heavy atom. The summed E-state index contributed by atoms with van der Waals surface area (Å²) in [5.74, 6) is 0.533. The van der Waals surface area contributed by atoms with Crippen molar-refractivity contribution in [1.82, 2.24) is 9.55 Å². The molecule has 1 aromatic carbocycles. The largest absolute Gasteiger partial charge is 0.364 e. The molecule has 0 aliphatic carbocycles. The van der Waals surface area contributed by atoms with E-state index >= 15 is 0 Å². The number of nitrogens with one attached hydrogen (secondary N) is 2. The maximum Gasteiger partial charge on any atom is 0.329 e. The molecule has 2 heterocycles. The second-order valence-corrected chi connectivity index (χ2v) is 5.56. The summed E-state index contributed by atoms with van der Waals surface area (Å²) in [5.41, 5.74) is 1.12. The first-order valence-electron chi connectivity index (χ1n) is 6.98. The van der Waals surface area contributed by atoms with Crippen molar-refractivity contribution in [3.8, 4) is 0 Å². The molecule has 1 aliphatic heterocycles. The Balaban J connectivity index is 2.00. The van der Waals surface area contributed by atoms with E-state index in [0.717, 1.165) is 12.0 Å². The van der Waals surface area contributed by atoms with Gasteiger partial charge < -0.3 is 5.32 Å². The Bertz CT molecular complexity index is 794. The van der Waals surface area contributed by atoms with Crippen molar-refractivity contribution >= 4 is 17.4 Å². The number of benzene rings is 1. The molecule has 0 bridgehead atoms. The highest BCUT2D eigenvalue weighted by atomic mass is 35.5. The Hall–Kier alpha value is -2.01. The number of hydrogen-bond donors (Lipinski definition) is 2. The number of hydrogen-bond acceptors (Lipinski definition) is 3. The molecule has 1 unspecified atom stereocenters. The van der Waals surface area contributed by atoms with Crippen LogP contribution in [0.15, 0.2) is 33.9 Å². The summed E-state index contributed by atoms with van der Waals surface area (Å²) in [6.45, 7) is 2.16. The molecule has 1 aromatic heterocycles. The molecule has 3 rings (SSSR count). The molecule has 2 N–H and O–H groups in total. The second-order valence-electron chi connectivity index (χ2n) is 5.12. The molecule has 0 radical (unpaired) electrons. The Morgan fingerprint density at radius 1 is 1.38 bits per heavy atom. The highest BCUT2D eigenvalue weighted by molar-refractivity contribution is 6.30. The van der Waals surface area contributed by atoms with E-state index in [1.54, 1.807) is 6.92 Å². The summed E-state index contributed by atoms with van der Waals surface area (Å²) in [4.78, 5) is 26.9. The zero-order chi connectivity index (χ0) is 15.0. The molecule has 2 aromatic rings. The molecule has 0 amide bonds. The summed E-state index contributed by atoms with van der Waals surface area (Å²) >= 11 is 6.02. The maximum absolute atomic E-state index is 12.2. The van der Waals surface area contributed by atoms with Crippen LogP contribution in [0.2, 0.25) is 5.02 Å². The van der Waals surface area contributed by atoms with Crippen molar-refractivity contribution < 1.29 is 0 Å². The SMILES string of the molecule is CCn1c(=O)[nH]c2c(c1=O)CCC(c1cccc(Cl)c1)N2. The standard InChI is InChI=1S/C15H16ClN3O2/c1-2-19-14(20)11-6-7-12(17-13(11)18-15(19)21)9-4-3-5-10(16)8-9/h3-5,8,12,17H,2,6-7H2,1H3,(H,18,21). The van der Waals surface area contributed by atoms with Crippen molar-refractivity contribution in [2.75, 3.05) is 5.32 Å². The van der Waals surface area contributed by atoms with Crippen LogP contribution >= 0.6 is 11.6 Å². The van der Waals surface area contributed by atoms with Gasteiger partial charge in [0.1, 0.15) is 5.82 Å². The van der Waals surface area contributed by atoms with Gasteiger partial charge in [-0.1, -0.05) is 23.7 Å². The van der Waals surface area contributed by atoms with Crippen LogP contribution in [0.4, 0.5) is 5.82 Å². The smallest absolute Gasteiger partial charge is 0.329 e. The van der Waals surface area contributed by atoms with Crippen LogP contribution in [0.5, 0.6) is 0 Å². The summed E-state index contributed by atoms with van der Waals surface area (Å²) in [6, 6.07) is 7.65. The number of fused-ring (bicyclic) bond motifs is 1. The summed E-state index contributed by atoms with van der Waals surface area (Å²) in [6.07, 6.45) is 1.42. The average Bonchev–Trinajstić information content (AvgIpc) is 2.47. The number of halogens is 1. The van der Waals surface area contributed by atoms with Gasteiger partial charge in [-0.05, 0) is 37.5 Å². The van der Waals surface area contributed by atoms with E-state index in [-0.39, 0.29) is 17.3 Å². The number of H-pyrrole nitrogens is 1. The van der Waals surface area contributed by atoms with Gasteiger partial charge in [0.2, 0.25) is 0 Å². The van der Waals surface area contributed by atoms with Crippen LogP contribution in [0, 0.1) is 0 Å². The van der Waals surface area contributed by atoms with Crippen LogP contribution < -0.4 is 16.6 Å². The van der Waals surface area contributed by atoms with E-state index in [1.807, 2.05) is 24.3 Å². The number of anilines is 1. The molecule has 21 heavy (non-hydrogen) atoms. The van der Waals surface area contributed by atoms with Gasteiger partial charge in [0.05, 0.1) is 11.6 Å². The lowest BCUT2D eigenvalue weighted by molar-refractivity contribution is 0.610. The van der Waals surface area contributed by atoms with E-state index < -0.39 is 0 Å². The third-order valence-corrected chi connectivity index (χ3v) is 4.09. The second kappa shape index (κ2) is 5.41. The predicted molar refractivity (Wildman–Crippen MR) is 83.1 cm³/mol. The van der Waals surface area contributed by atoms with Gasteiger partial charge in [-0.2, -0.15) is 0 Å². The number of aromatic nitrogens is 2. The van der Waals surface area contributed by atoms with Crippen molar-refractivity contribution in [2.24, 2.45) is 0 Å². The Morgan fingerprint density at radius 3 is 2.90 bits per heavy atom. The zero-order valence-corrected chi connectivity index (χ0v) is 12.4. The summed E-state index contributed by atoms with van der Waals surface area (Å²) < 4.78 is 1.22. The van der Waals surface area contributed by atoms with Crippen molar-refractivity contribution in [3.05, 3.63) is 61.3 Å². The van der Waals surface area contributed by atoms with Crippen LogP contribution in [0.1, 0.15) is 30.5 Å². The minimum atomic E-state index is -0.375. The molecule has 0 saturated heterocycles. The third-order valence-electron chi connectivity index (χ3n) is 3.85. The third kappa shape index (κ3) is 2.49. The van der Waals surface area contributed by atoms with E-state index in [0.29, 0.717) is 29.4 Å². The topological polar surface area (TPSA) is 66.9 Å². The van der Waals surface area contributed by atoms with Crippen molar-refractivity contribution in [1.29, 1.82) is 0 Å². The Kier molecular flexibility index (Phi) is 3.59. The predicted octanol–water partition coefficient (Wildman–Crippen LogP) is 2.31. The van der Waals surface area contributed by atoms with Gasteiger partial charge in [0.15, 0.2) is 0 Å². The van der Waals surface area contributed by atoms with Crippen LogP contribution in [0.25, 0.3) is 0 Å². The number of rotatable bonds is 2. The van der Waals surface area contributed by atoms with Gasteiger partial charge in [0.25, 0.3) is 5.56 Å². The zero-order valence-electron chi connectivity index (χ0n) is 11.6. The fourth-order valence-electron chi connectivity index (χ4n) is 2.76. The number of aromatic amines is 1. The molecule has 0 saturated carbocycles. The quantitative estimate of drug-likeness (QED) is 0.894. The molecule has 0 fully saturated rings. The molecule has 6 heteroatoms. The van der Waals surface area contributed by atoms with E-state index in [1.165, 1.54) is 4.57 Å². The lowest BCUT2D eigenvalue weighted by atomic mass is 9.96. The molecular weight excluding hydrogens is 290 g/mol. The average molecular weight is 306 g/mol. The van der Waals surface area contributed by atoms with Gasteiger partial charge in [0, 0.05) is 11.6 Å². The highest BCUT2D eigenvalue weighted by Crippen LogP contribution is 2.30. The molecule has 0 spiro atoms. The molecule has 1 aliphatic rings. The lowest BCUT2D eigenvalue weighted by Gasteiger charge is -2.27. The molecule has 5 nitrogen and oxygen atoms in total. The van der Waals surface area contributed by atoms with Gasteiger partial charge in [-0.3, -0.25) is 14.3 Å². The first kappa shape index (κ1) is 13.9. The normalized spacial score (nSPS) is 17.1. The molecule has 110 valence electrons. The minimum Gasteiger partial charge on any atom is -0.364 e. The van der Waals surface area contributed by atoms with E-state index in [9.17, 15) is 9.59 Å². The fraction of sp³-hybridized carbons (Fsp3) is 0.333. The number of nitrogens with zero attached hydrogens (tertiary/aromatic N) is 1. The fourth-order valence-corrected chi connectivity index (χ4v) is 2.96. The molecule has 1 atom stereocenters. The van der Waals surface area contributed by atoms with E-state index in [2.05, 4.69) is 10.3 Å². The highest BCUT2D eigenvalue weighted by Gasteiger charge is 2.23. The first-order valence-corrected chi connectivity index (χ1v) is 7.36. The summed E-state index contributed by atoms with van der Waals surface area (Å²) in [7, 11) is 0. The monoisotopic (exact) mass is 305 g/mol. The minimum absolute atomic E-state index is 0.0451. The van der Waals surface area contributed by atoms with Crippen molar-refractivity contribution in [2.45, 2.75) is 32.4 Å². The Labute approximate surface area is 126 Å².